The van der Waals surface area contributed by atoms with Crippen LogP contribution in [0.15, 0.2) is 18.5 Å². The van der Waals surface area contributed by atoms with Crippen LogP contribution in [0.25, 0.3) is 0 Å². The van der Waals surface area contributed by atoms with Crippen LogP contribution in [0.5, 0.6) is 0 Å². The number of nitrogens with one attached hydrogen (secondary N) is 1. The lowest BCUT2D eigenvalue weighted by atomic mass is 10.4. The number of hydrogen-bond acceptors (Lipinski definition) is 3. The number of aryl methyl sites for hydroxylation is 1. The highest BCUT2D eigenvalue weighted by Crippen LogP contribution is 2.06. The van der Waals surface area contributed by atoms with Crippen molar-refractivity contribution in [2.45, 2.75) is 25.8 Å². The number of likely N-dealkylation sites (tertiary alicyclic amines) is 1. The molecule has 1 aliphatic rings. The van der Waals surface area contributed by atoms with Gasteiger partial charge >= 0.3 is 0 Å². The van der Waals surface area contributed by atoms with E-state index in [-0.39, 0.29) is 5.91 Å². The minimum absolute atomic E-state index is 0.238. The Balaban J connectivity index is 1.52. The van der Waals surface area contributed by atoms with Gasteiger partial charge in [0.15, 0.2) is 0 Å². The predicted molar refractivity (Wildman–Crippen MR) is 65.5 cm³/mol. The summed E-state index contributed by atoms with van der Waals surface area (Å²) < 4.78 is 1.91. The third kappa shape index (κ3) is 3.85. The molecule has 2 rings (SSSR count). The van der Waals surface area contributed by atoms with Gasteiger partial charge in [-0.1, -0.05) is 0 Å². The minimum Gasteiger partial charge on any atom is -0.342 e. The zero-order valence-electron chi connectivity index (χ0n) is 10.1. The van der Waals surface area contributed by atoms with Crippen LogP contribution < -0.4 is 5.32 Å². The molecule has 0 saturated carbocycles. The first-order valence-electron chi connectivity index (χ1n) is 6.32. The van der Waals surface area contributed by atoms with E-state index in [1.807, 2.05) is 21.8 Å². The predicted octanol–water partition coefficient (Wildman–Crippen LogP) is 0.485. The van der Waals surface area contributed by atoms with Crippen LogP contribution in [0, 0.1) is 0 Å². The van der Waals surface area contributed by atoms with Crippen molar-refractivity contribution in [1.29, 1.82) is 0 Å². The molecule has 1 N–H and O–H groups in total. The molecular weight excluding hydrogens is 216 g/mol. The van der Waals surface area contributed by atoms with E-state index in [4.69, 9.17) is 0 Å². The topological polar surface area (TPSA) is 50.2 Å². The molecule has 5 nitrogen and oxygen atoms in total. The summed E-state index contributed by atoms with van der Waals surface area (Å²) in [7, 11) is 0. The van der Waals surface area contributed by atoms with Gasteiger partial charge in [-0.25, -0.2) is 0 Å². The summed E-state index contributed by atoms with van der Waals surface area (Å²) in [6.45, 7) is 4.11. The smallest absolute Gasteiger partial charge is 0.236 e. The van der Waals surface area contributed by atoms with Crippen molar-refractivity contribution in [2.75, 3.05) is 26.2 Å². The second-order valence-electron chi connectivity index (χ2n) is 4.39. The van der Waals surface area contributed by atoms with Crippen molar-refractivity contribution in [3.63, 3.8) is 0 Å². The van der Waals surface area contributed by atoms with Crippen molar-refractivity contribution >= 4 is 5.91 Å². The highest BCUT2D eigenvalue weighted by atomic mass is 16.2. The van der Waals surface area contributed by atoms with E-state index in [1.54, 1.807) is 6.20 Å². The Morgan fingerprint density at radius 3 is 2.88 bits per heavy atom. The van der Waals surface area contributed by atoms with Gasteiger partial charge in [0.2, 0.25) is 5.91 Å². The van der Waals surface area contributed by atoms with E-state index >= 15 is 0 Å². The molecule has 1 fully saturated rings. The number of nitrogens with zero attached hydrogens (tertiary/aromatic N) is 3. The Kier molecular flexibility index (Phi) is 4.55. The molecule has 0 aromatic carbocycles. The summed E-state index contributed by atoms with van der Waals surface area (Å²) >= 11 is 0. The van der Waals surface area contributed by atoms with Gasteiger partial charge in [0.25, 0.3) is 0 Å². The lowest BCUT2D eigenvalue weighted by Gasteiger charge is -2.15. The van der Waals surface area contributed by atoms with Gasteiger partial charge in [-0.15, -0.1) is 0 Å². The van der Waals surface area contributed by atoms with Crippen LogP contribution in [0.3, 0.4) is 0 Å². The lowest BCUT2D eigenvalue weighted by molar-refractivity contribution is -0.129. The second kappa shape index (κ2) is 6.39. The number of amides is 1. The highest BCUT2D eigenvalue weighted by Gasteiger charge is 2.16. The molecule has 1 saturated heterocycles. The fourth-order valence-electron chi connectivity index (χ4n) is 2.07. The molecule has 5 heteroatoms. The summed E-state index contributed by atoms with van der Waals surface area (Å²) in [6.07, 6.45) is 7.05. The van der Waals surface area contributed by atoms with Gasteiger partial charge in [-0.05, 0) is 31.9 Å². The Morgan fingerprint density at radius 1 is 1.35 bits per heavy atom. The molecule has 0 spiro atoms. The zero-order chi connectivity index (χ0) is 11.9. The average molecular weight is 236 g/mol. The molecule has 0 aliphatic carbocycles. The van der Waals surface area contributed by atoms with E-state index in [2.05, 4.69) is 10.4 Å². The summed E-state index contributed by atoms with van der Waals surface area (Å²) in [4.78, 5) is 13.6. The van der Waals surface area contributed by atoms with Gasteiger partial charge in [0.05, 0.1) is 6.54 Å². The Labute approximate surface area is 102 Å². The van der Waals surface area contributed by atoms with Crippen molar-refractivity contribution in [3.8, 4) is 0 Å². The summed E-state index contributed by atoms with van der Waals surface area (Å²) in [5.74, 6) is 0.238. The third-order valence-electron chi connectivity index (χ3n) is 3.03. The quantitative estimate of drug-likeness (QED) is 0.731. The first kappa shape index (κ1) is 12.1. The average Bonchev–Trinajstić information content (AvgIpc) is 3.01. The third-order valence-corrected chi connectivity index (χ3v) is 3.03. The van der Waals surface area contributed by atoms with Crippen molar-refractivity contribution in [3.05, 3.63) is 18.5 Å². The van der Waals surface area contributed by atoms with Crippen LogP contribution in [0.4, 0.5) is 0 Å². The summed E-state index contributed by atoms with van der Waals surface area (Å²) in [6, 6.07) is 1.92. The first-order valence-corrected chi connectivity index (χ1v) is 6.32. The lowest BCUT2D eigenvalue weighted by Crippen LogP contribution is -2.36. The highest BCUT2D eigenvalue weighted by molar-refractivity contribution is 5.78. The SMILES string of the molecule is O=C(CNCCCn1cccn1)N1CCCC1. The molecular formula is C12H20N4O. The van der Waals surface area contributed by atoms with Crippen LogP contribution in [0.1, 0.15) is 19.3 Å². The molecule has 0 bridgehead atoms. The van der Waals surface area contributed by atoms with Gasteiger partial charge in [-0.3, -0.25) is 9.48 Å². The van der Waals surface area contributed by atoms with Crippen LogP contribution >= 0.6 is 0 Å². The second-order valence-corrected chi connectivity index (χ2v) is 4.39. The summed E-state index contributed by atoms with van der Waals surface area (Å²) in [5.41, 5.74) is 0. The molecule has 1 aromatic heterocycles. The molecule has 0 atom stereocenters. The van der Waals surface area contributed by atoms with Gasteiger partial charge in [-0.2, -0.15) is 5.10 Å². The maximum Gasteiger partial charge on any atom is 0.236 e. The number of aromatic nitrogens is 2. The van der Waals surface area contributed by atoms with Crippen LogP contribution in [-0.4, -0.2) is 46.8 Å². The van der Waals surface area contributed by atoms with E-state index < -0.39 is 0 Å². The number of carbonyl (C=O) groups excluding carboxylic acids is 1. The molecule has 0 unspecified atom stereocenters. The normalized spacial score (nSPS) is 15.4. The molecule has 1 aromatic rings. The van der Waals surface area contributed by atoms with Crippen molar-refractivity contribution in [2.24, 2.45) is 0 Å². The van der Waals surface area contributed by atoms with E-state index in [0.29, 0.717) is 6.54 Å². The Morgan fingerprint density at radius 2 is 2.18 bits per heavy atom. The fourth-order valence-corrected chi connectivity index (χ4v) is 2.07. The molecule has 0 radical (unpaired) electrons. The summed E-state index contributed by atoms with van der Waals surface area (Å²) in [5, 5.41) is 7.32. The standard InChI is InChI=1S/C12H20N4O/c17-12(15-7-1-2-8-15)11-13-5-3-9-16-10-4-6-14-16/h4,6,10,13H,1-3,5,7-9,11H2. The minimum atomic E-state index is 0.238. The van der Waals surface area contributed by atoms with Crippen LogP contribution in [0.2, 0.25) is 0 Å². The molecule has 1 amide bonds. The van der Waals surface area contributed by atoms with Crippen LogP contribution in [-0.2, 0) is 11.3 Å². The van der Waals surface area contributed by atoms with Crippen molar-refractivity contribution < 1.29 is 4.79 Å². The number of rotatable bonds is 6. The molecule has 94 valence electrons. The molecule has 1 aliphatic heterocycles. The number of carbonyl (C=O) groups is 1. The number of hydrogen-bond donors (Lipinski definition) is 1. The molecule has 2 heterocycles. The van der Waals surface area contributed by atoms with E-state index in [1.165, 1.54) is 0 Å². The van der Waals surface area contributed by atoms with Gasteiger partial charge < -0.3 is 10.2 Å². The fraction of sp³-hybridized carbons (Fsp3) is 0.667. The Hall–Kier alpha value is -1.36. The maximum absolute atomic E-state index is 11.7. The van der Waals surface area contributed by atoms with E-state index in [9.17, 15) is 4.79 Å². The zero-order valence-corrected chi connectivity index (χ0v) is 10.1. The van der Waals surface area contributed by atoms with Gasteiger partial charge in [0, 0.05) is 32.0 Å². The monoisotopic (exact) mass is 236 g/mol. The first-order chi connectivity index (χ1) is 8.36. The maximum atomic E-state index is 11.7. The van der Waals surface area contributed by atoms with Crippen molar-refractivity contribution in [1.82, 2.24) is 20.0 Å². The molecule has 17 heavy (non-hydrogen) atoms. The Bertz CT molecular complexity index is 330. The van der Waals surface area contributed by atoms with Gasteiger partial charge in [0.1, 0.15) is 0 Å². The van der Waals surface area contributed by atoms with E-state index in [0.717, 1.165) is 45.4 Å². The largest absolute Gasteiger partial charge is 0.342 e.